The lowest BCUT2D eigenvalue weighted by Crippen LogP contribution is -2.24. The molecule has 4 nitrogen and oxygen atoms in total. The molecule has 1 unspecified atom stereocenters. The average Bonchev–Trinajstić information content (AvgIpc) is 2.69. The van der Waals surface area contributed by atoms with Crippen molar-refractivity contribution < 1.29 is 14.3 Å². The number of amides is 1. The van der Waals surface area contributed by atoms with Crippen LogP contribution in [0.25, 0.3) is 0 Å². The van der Waals surface area contributed by atoms with E-state index in [0.29, 0.717) is 22.6 Å². The Morgan fingerprint density at radius 1 is 0.852 bits per heavy atom. The zero-order valence-corrected chi connectivity index (χ0v) is 15.3. The zero-order valence-electron chi connectivity index (χ0n) is 15.3. The molecule has 3 aromatic carbocycles. The first-order chi connectivity index (χ1) is 13.0. The number of hydrogen-bond acceptors (Lipinski definition) is 3. The van der Waals surface area contributed by atoms with Crippen LogP contribution in [-0.4, -0.2) is 17.8 Å². The van der Waals surface area contributed by atoms with Crippen molar-refractivity contribution in [1.82, 2.24) is 0 Å². The van der Waals surface area contributed by atoms with Crippen molar-refractivity contribution in [3.63, 3.8) is 0 Å². The number of carbonyl (C=O) groups is 2. The number of hydrogen-bond donors (Lipinski definition) is 1. The fraction of sp³-hybridized carbons (Fsp3) is 0.130. The normalized spacial score (nSPS) is 11.5. The van der Waals surface area contributed by atoms with Crippen LogP contribution < -0.4 is 10.1 Å². The summed E-state index contributed by atoms with van der Waals surface area (Å²) in [6.45, 7) is 3.70. The topological polar surface area (TPSA) is 55.4 Å². The molecule has 0 aromatic heterocycles. The number of ether oxygens (including phenoxy) is 1. The molecular formula is C23H21NO3. The maximum absolute atomic E-state index is 12.5. The number of rotatable bonds is 6. The molecule has 1 amide bonds. The van der Waals surface area contributed by atoms with Gasteiger partial charge in [-0.3, -0.25) is 9.59 Å². The minimum absolute atomic E-state index is 0.0891. The van der Waals surface area contributed by atoms with E-state index < -0.39 is 6.10 Å². The summed E-state index contributed by atoms with van der Waals surface area (Å²) in [5.74, 6) is 0.235. The molecule has 0 saturated heterocycles. The second-order valence-corrected chi connectivity index (χ2v) is 6.34. The summed E-state index contributed by atoms with van der Waals surface area (Å²) in [6, 6.07) is 23.4. The molecule has 3 rings (SSSR count). The van der Waals surface area contributed by atoms with Crippen LogP contribution >= 0.6 is 0 Å². The molecule has 1 atom stereocenters. The minimum Gasteiger partial charge on any atom is -0.482 e. The maximum Gasteiger partial charge on any atom is 0.255 e. The van der Waals surface area contributed by atoms with Gasteiger partial charge >= 0.3 is 0 Å². The van der Waals surface area contributed by atoms with E-state index in [2.05, 4.69) is 5.32 Å². The molecule has 0 aliphatic rings. The molecule has 3 aromatic rings. The molecule has 136 valence electrons. The van der Waals surface area contributed by atoms with Gasteiger partial charge in [-0.15, -0.1) is 0 Å². The fourth-order valence-corrected chi connectivity index (χ4v) is 2.65. The molecule has 1 N–H and O–H groups in total. The van der Waals surface area contributed by atoms with Gasteiger partial charge in [0.1, 0.15) is 5.75 Å². The van der Waals surface area contributed by atoms with Gasteiger partial charge in [0.15, 0.2) is 6.10 Å². The Morgan fingerprint density at radius 2 is 1.56 bits per heavy atom. The Hall–Kier alpha value is -3.40. The van der Waals surface area contributed by atoms with E-state index >= 15 is 0 Å². The van der Waals surface area contributed by atoms with Crippen LogP contribution in [0, 0.1) is 6.92 Å². The van der Waals surface area contributed by atoms with Gasteiger partial charge in [-0.05, 0) is 38.1 Å². The van der Waals surface area contributed by atoms with Gasteiger partial charge in [0, 0.05) is 22.9 Å². The predicted molar refractivity (Wildman–Crippen MR) is 106 cm³/mol. The summed E-state index contributed by atoms with van der Waals surface area (Å²) in [5, 5.41) is 2.84. The molecule has 0 heterocycles. The van der Waals surface area contributed by atoms with E-state index in [9.17, 15) is 9.59 Å². The van der Waals surface area contributed by atoms with Gasteiger partial charge in [-0.1, -0.05) is 54.1 Å². The standard InChI is InChI=1S/C23H21NO3/c1-16-11-13-18(14-12-16)22(25)17(2)27-21-10-6-9-20(15-21)24-23(26)19-7-4-3-5-8-19/h3-15,17H,1-2H3,(H,24,26). The van der Waals surface area contributed by atoms with E-state index in [-0.39, 0.29) is 11.7 Å². The number of ketones is 1. The van der Waals surface area contributed by atoms with Gasteiger partial charge < -0.3 is 10.1 Å². The van der Waals surface area contributed by atoms with E-state index in [1.807, 2.05) is 37.3 Å². The Bertz CT molecular complexity index is 933. The second kappa shape index (κ2) is 8.32. The molecule has 0 radical (unpaired) electrons. The monoisotopic (exact) mass is 359 g/mol. The SMILES string of the molecule is Cc1ccc(C(=O)C(C)Oc2cccc(NC(=O)c3ccccc3)c2)cc1. The number of anilines is 1. The molecule has 0 fully saturated rings. The van der Waals surface area contributed by atoms with Crippen molar-refractivity contribution >= 4 is 17.4 Å². The van der Waals surface area contributed by atoms with Crippen molar-refractivity contribution in [3.8, 4) is 5.75 Å². The number of carbonyl (C=O) groups excluding carboxylic acids is 2. The Kier molecular flexibility index (Phi) is 5.67. The average molecular weight is 359 g/mol. The van der Waals surface area contributed by atoms with Crippen LogP contribution in [0.4, 0.5) is 5.69 Å². The van der Waals surface area contributed by atoms with Crippen LogP contribution in [0.5, 0.6) is 5.75 Å². The second-order valence-electron chi connectivity index (χ2n) is 6.34. The van der Waals surface area contributed by atoms with E-state index in [0.717, 1.165) is 5.56 Å². The summed E-state index contributed by atoms with van der Waals surface area (Å²) in [6.07, 6.45) is -0.632. The largest absolute Gasteiger partial charge is 0.482 e. The van der Waals surface area contributed by atoms with Gasteiger partial charge in [-0.25, -0.2) is 0 Å². The number of Topliss-reactive ketones (excluding diaryl/α,β-unsaturated/α-hetero) is 1. The van der Waals surface area contributed by atoms with Crippen molar-refractivity contribution in [2.45, 2.75) is 20.0 Å². The summed E-state index contributed by atoms with van der Waals surface area (Å²) < 4.78 is 5.79. The zero-order chi connectivity index (χ0) is 19.2. The van der Waals surface area contributed by atoms with Gasteiger partial charge in [-0.2, -0.15) is 0 Å². The summed E-state index contributed by atoms with van der Waals surface area (Å²) in [7, 11) is 0. The molecular weight excluding hydrogens is 338 g/mol. The molecule has 0 spiro atoms. The highest BCUT2D eigenvalue weighted by Crippen LogP contribution is 2.20. The molecule has 0 saturated carbocycles. The van der Waals surface area contributed by atoms with Gasteiger partial charge in [0.05, 0.1) is 0 Å². The van der Waals surface area contributed by atoms with Crippen molar-refractivity contribution in [2.24, 2.45) is 0 Å². The summed E-state index contributed by atoms with van der Waals surface area (Å²) in [4.78, 5) is 24.8. The smallest absolute Gasteiger partial charge is 0.255 e. The van der Waals surface area contributed by atoms with Crippen LogP contribution in [0.1, 0.15) is 33.2 Å². The summed E-state index contributed by atoms with van der Waals surface area (Å²) in [5.41, 5.74) is 2.90. The van der Waals surface area contributed by atoms with Gasteiger partial charge in [0.2, 0.25) is 5.78 Å². The van der Waals surface area contributed by atoms with Crippen LogP contribution in [0.15, 0.2) is 78.9 Å². The lowest BCUT2D eigenvalue weighted by molar-refractivity contribution is 0.0818. The van der Waals surface area contributed by atoms with E-state index in [1.165, 1.54) is 0 Å². The number of benzene rings is 3. The van der Waals surface area contributed by atoms with Crippen LogP contribution in [0.2, 0.25) is 0 Å². The highest BCUT2D eigenvalue weighted by Gasteiger charge is 2.17. The van der Waals surface area contributed by atoms with Crippen LogP contribution in [0.3, 0.4) is 0 Å². The summed E-state index contributed by atoms with van der Waals surface area (Å²) >= 11 is 0. The number of aryl methyl sites for hydroxylation is 1. The third-order valence-electron chi connectivity index (χ3n) is 4.15. The highest BCUT2D eigenvalue weighted by molar-refractivity contribution is 6.04. The van der Waals surface area contributed by atoms with E-state index in [1.54, 1.807) is 55.5 Å². The lowest BCUT2D eigenvalue weighted by atomic mass is 10.1. The molecule has 4 heteroatoms. The number of nitrogens with one attached hydrogen (secondary N) is 1. The first-order valence-electron chi connectivity index (χ1n) is 8.77. The lowest BCUT2D eigenvalue weighted by Gasteiger charge is -2.15. The fourth-order valence-electron chi connectivity index (χ4n) is 2.65. The third kappa shape index (κ3) is 4.82. The van der Waals surface area contributed by atoms with E-state index in [4.69, 9.17) is 4.74 Å². The predicted octanol–water partition coefficient (Wildman–Crippen LogP) is 4.90. The molecule has 0 aliphatic carbocycles. The first kappa shape index (κ1) is 18.4. The van der Waals surface area contributed by atoms with Gasteiger partial charge in [0.25, 0.3) is 5.91 Å². The third-order valence-corrected chi connectivity index (χ3v) is 4.15. The maximum atomic E-state index is 12.5. The minimum atomic E-state index is -0.632. The molecule has 0 bridgehead atoms. The van der Waals surface area contributed by atoms with Crippen molar-refractivity contribution in [2.75, 3.05) is 5.32 Å². The highest BCUT2D eigenvalue weighted by atomic mass is 16.5. The molecule has 27 heavy (non-hydrogen) atoms. The van der Waals surface area contributed by atoms with Crippen molar-refractivity contribution in [3.05, 3.63) is 95.6 Å². The Balaban J connectivity index is 1.67. The molecule has 0 aliphatic heterocycles. The Morgan fingerprint density at radius 3 is 2.26 bits per heavy atom. The van der Waals surface area contributed by atoms with Crippen LogP contribution in [-0.2, 0) is 0 Å². The quantitative estimate of drug-likeness (QED) is 0.637. The Labute approximate surface area is 158 Å². The van der Waals surface area contributed by atoms with Crippen molar-refractivity contribution in [1.29, 1.82) is 0 Å². The first-order valence-corrected chi connectivity index (χ1v) is 8.77.